The van der Waals surface area contributed by atoms with Gasteiger partial charge in [-0.25, -0.2) is 13.8 Å². The molecule has 1 unspecified atom stereocenters. The topological polar surface area (TPSA) is 214 Å². The number of halogens is 2. The highest BCUT2D eigenvalue weighted by Crippen LogP contribution is 2.32. The summed E-state index contributed by atoms with van der Waals surface area (Å²) in [6, 6.07) is 21.1. The minimum Gasteiger partial charge on any atom is -0.391 e. The zero-order chi connectivity index (χ0) is 58.6. The van der Waals surface area contributed by atoms with Crippen LogP contribution in [0.4, 0.5) is 26.0 Å². The Labute approximate surface area is 488 Å². The molecule has 5 heterocycles. The third-order valence-electron chi connectivity index (χ3n) is 16.0. The fourth-order valence-corrected chi connectivity index (χ4v) is 12.1. The second kappa shape index (κ2) is 27.9. The molecule has 3 atom stereocenters. The van der Waals surface area contributed by atoms with Crippen LogP contribution in [0.25, 0.3) is 21.3 Å². The van der Waals surface area contributed by atoms with Crippen molar-refractivity contribution in [1.29, 1.82) is 0 Å². The highest BCUT2D eigenvalue weighted by molar-refractivity contribution is 7.13. The first-order valence-electron chi connectivity index (χ1n) is 29.2. The number of nitrogens with one attached hydrogen (secondary N) is 5. The summed E-state index contributed by atoms with van der Waals surface area (Å²) in [5.74, 6) is -2.08. The summed E-state index contributed by atoms with van der Waals surface area (Å²) in [5.41, 5.74) is 8.19. The number of carbonyl (C=O) groups excluding carboxylic acids is 5. The normalized spacial score (nSPS) is 17.2. The maximum Gasteiger partial charge on any atom is 0.258 e. The van der Waals surface area contributed by atoms with Crippen LogP contribution in [-0.4, -0.2) is 130 Å². The van der Waals surface area contributed by atoms with Crippen LogP contribution in [0.2, 0.25) is 0 Å². The first kappa shape index (κ1) is 60.3. The van der Waals surface area contributed by atoms with Gasteiger partial charge in [-0.05, 0) is 109 Å². The number of nitrogens with zero attached hydrogens (tertiary/aromatic N) is 5. The number of H-pyrrole nitrogens is 1. The Morgan fingerprint density at radius 2 is 1.51 bits per heavy atom. The van der Waals surface area contributed by atoms with Crippen LogP contribution in [-0.2, 0) is 36.9 Å². The number of anilines is 3. The van der Waals surface area contributed by atoms with Gasteiger partial charge >= 0.3 is 0 Å². The lowest BCUT2D eigenvalue weighted by molar-refractivity contribution is -0.144. The van der Waals surface area contributed by atoms with Crippen LogP contribution >= 0.6 is 11.3 Å². The van der Waals surface area contributed by atoms with E-state index in [9.17, 15) is 37.9 Å². The lowest BCUT2D eigenvalue weighted by atomic mass is 9.85. The second-order valence-electron chi connectivity index (χ2n) is 23.4. The minimum absolute atomic E-state index is 0.0131. The number of thiazole rings is 1. The summed E-state index contributed by atoms with van der Waals surface area (Å²) in [5, 5.41) is 31.2. The number of fused-ring (bicyclic) bond motifs is 1. The van der Waals surface area contributed by atoms with Gasteiger partial charge in [0, 0.05) is 101 Å². The van der Waals surface area contributed by atoms with E-state index in [0.717, 1.165) is 90.4 Å². The SMILES string of the molecule is Cc1ncsc1-c1ccc(CNC(=O)[C@@H]2C[C@@H](O)CN2C(=O)C(NC(=O)CCCCCCCCCC(=O)N2CCN(c3ccc(C(=O)Nc4n[nH]c5ccc(Cc6cc(F)cc(F)c6)cc45)c(NC4CCOCC4)c3)CC2)C(C)(C)C)cc1. The predicted octanol–water partition coefficient (Wildman–Crippen LogP) is 9.68. The molecule has 5 amide bonds. The van der Waals surface area contributed by atoms with Gasteiger partial charge in [0.15, 0.2) is 5.82 Å². The molecule has 442 valence electrons. The molecule has 6 N–H and O–H groups in total. The predicted molar refractivity (Wildman–Crippen MR) is 319 cm³/mol. The summed E-state index contributed by atoms with van der Waals surface area (Å²) in [4.78, 5) is 79.4. The van der Waals surface area contributed by atoms with E-state index < -0.39 is 35.2 Å². The Kier molecular flexibility index (Phi) is 20.2. The van der Waals surface area contributed by atoms with Crippen molar-refractivity contribution < 1.29 is 42.6 Å². The first-order chi connectivity index (χ1) is 39.9. The molecule has 83 heavy (non-hydrogen) atoms. The molecule has 3 saturated heterocycles. The van der Waals surface area contributed by atoms with E-state index in [-0.39, 0.29) is 61.5 Å². The third-order valence-corrected chi connectivity index (χ3v) is 17.0. The number of benzene rings is 4. The van der Waals surface area contributed by atoms with Crippen LogP contribution in [0.5, 0.6) is 0 Å². The molecule has 0 aliphatic carbocycles. The third kappa shape index (κ3) is 16.1. The molecule has 3 fully saturated rings. The van der Waals surface area contributed by atoms with Crippen LogP contribution in [0, 0.1) is 24.0 Å². The molecule has 3 aliphatic heterocycles. The van der Waals surface area contributed by atoms with Crippen molar-refractivity contribution in [3.05, 3.63) is 124 Å². The summed E-state index contributed by atoms with van der Waals surface area (Å²) in [7, 11) is 0. The van der Waals surface area contributed by atoms with E-state index >= 15 is 0 Å². The van der Waals surface area contributed by atoms with Crippen LogP contribution in [0.15, 0.2) is 84.4 Å². The number of piperazine rings is 1. The monoisotopic (exact) mass is 1160 g/mol. The van der Waals surface area contributed by atoms with Crippen LogP contribution < -0.4 is 26.2 Å². The van der Waals surface area contributed by atoms with Gasteiger partial charge in [0.2, 0.25) is 23.6 Å². The van der Waals surface area contributed by atoms with E-state index in [1.807, 2.05) is 98.8 Å². The number of aromatic nitrogens is 3. The molecule has 2 aromatic heterocycles. The number of likely N-dealkylation sites (tertiary alicyclic amines) is 1. The van der Waals surface area contributed by atoms with Crippen molar-refractivity contribution in [3.8, 4) is 10.4 Å². The van der Waals surface area contributed by atoms with Crippen LogP contribution in [0.1, 0.15) is 131 Å². The van der Waals surface area contributed by atoms with Gasteiger partial charge < -0.3 is 45.8 Å². The number of carbonyl (C=O) groups is 5. The summed E-state index contributed by atoms with van der Waals surface area (Å²) in [6.07, 6.45) is 8.12. The maximum absolute atomic E-state index is 14.1. The van der Waals surface area contributed by atoms with Gasteiger partial charge in [-0.1, -0.05) is 83.2 Å². The van der Waals surface area contributed by atoms with E-state index in [2.05, 4.69) is 41.3 Å². The summed E-state index contributed by atoms with van der Waals surface area (Å²) < 4.78 is 33.5. The van der Waals surface area contributed by atoms with Gasteiger partial charge in [0.1, 0.15) is 23.7 Å². The molecule has 9 rings (SSSR count). The van der Waals surface area contributed by atoms with Crippen molar-refractivity contribution in [1.82, 2.24) is 35.6 Å². The average molecular weight is 1160 g/mol. The molecule has 0 spiro atoms. The quantitative estimate of drug-likeness (QED) is 0.0332. The van der Waals surface area contributed by atoms with Crippen molar-refractivity contribution in [3.63, 3.8) is 0 Å². The zero-order valence-corrected chi connectivity index (χ0v) is 48.9. The molecular formula is C63H78F2N10O7S. The van der Waals surface area contributed by atoms with Gasteiger partial charge in [-0.3, -0.25) is 29.1 Å². The highest BCUT2D eigenvalue weighted by Gasteiger charge is 2.44. The smallest absolute Gasteiger partial charge is 0.258 e. The number of aryl methyl sites for hydroxylation is 1. The Balaban J connectivity index is 0.678. The molecule has 20 heteroatoms. The number of hydrogen-bond acceptors (Lipinski definition) is 12. The first-order valence-corrected chi connectivity index (χ1v) is 30.1. The molecule has 17 nitrogen and oxygen atoms in total. The van der Waals surface area contributed by atoms with E-state index in [4.69, 9.17) is 4.74 Å². The minimum atomic E-state index is -0.879. The Morgan fingerprint density at radius 1 is 0.819 bits per heavy atom. The number of rotatable bonds is 23. The number of aliphatic hydroxyl groups is 1. The number of ether oxygens (including phenoxy) is 1. The average Bonchev–Trinajstić information content (AvgIpc) is 4.45. The summed E-state index contributed by atoms with van der Waals surface area (Å²) >= 11 is 1.58. The number of aliphatic hydroxyl groups excluding tert-OH is 1. The second-order valence-corrected chi connectivity index (χ2v) is 24.3. The number of aromatic amines is 1. The molecule has 4 aromatic carbocycles. The van der Waals surface area contributed by atoms with Crippen molar-refractivity contribution in [2.24, 2.45) is 5.41 Å². The van der Waals surface area contributed by atoms with Gasteiger partial charge in [0.25, 0.3) is 5.91 Å². The van der Waals surface area contributed by atoms with Crippen molar-refractivity contribution in [2.45, 2.75) is 142 Å². The Bertz CT molecular complexity index is 3200. The van der Waals surface area contributed by atoms with Crippen molar-refractivity contribution >= 4 is 69.0 Å². The Hall–Kier alpha value is -7.29. The molecular weight excluding hydrogens is 1080 g/mol. The van der Waals surface area contributed by atoms with Gasteiger partial charge in [0.05, 0.1) is 33.3 Å². The molecule has 0 radical (unpaired) electrons. The Morgan fingerprint density at radius 3 is 2.19 bits per heavy atom. The van der Waals surface area contributed by atoms with Crippen LogP contribution in [0.3, 0.4) is 0 Å². The van der Waals surface area contributed by atoms with E-state index in [1.165, 1.54) is 17.0 Å². The van der Waals surface area contributed by atoms with E-state index in [0.29, 0.717) is 92.2 Å². The van der Waals surface area contributed by atoms with E-state index in [1.54, 1.807) is 11.3 Å². The fourth-order valence-electron chi connectivity index (χ4n) is 11.3. The number of hydrogen-bond donors (Lipinski definition) is 6. The number of unbranched alkanes of at least 4 members (excludes halogenated alkanes) is 6. The standard InChI is InChI=1S/C63H78F2N10O7S/c1-40-57(83-39-67-40)44-17-14-41(15-18-44)37-66-61(80)54-36-49(76)38-75(54)62(81)58(63(2,3)4)69-55(77)12-10-8-6-5-7-9-11-13-56(78)74-26-24-73(25-27-74)48-19-20-50(53(35-48)68-47-22-28-82-29-23-47)60(79)70-59-51-33-42(16-21-52(51)71-72-59)30-43-31-45(64)34-46(65)32-43/h14-21,31-35,39,47,49,54,58,68,76H,5-13,22-30,36-38H2,1-4H3,(H,66,80)(H,69,77)(H2,70,71,72,79)/t49-,54+,58?/m1/s1. The van der Waals surface area contributed by atoms with Gasteiger partial charge in [-0.2, -0.15) is 5.10 Å². The molecule has 3 aliphatic rings. The molecule has 0 bridgehead atoms. The fraction of sp³-hybridized carbons (Fsp3) is 0.476. The molecule has 6 aromatic rings. The largest absolute Gasteiger partial charge is 0.391 e. The molecule has 0 saturated carbocycles. The van der Waals surface area contributed by atoms with Gasteiger partial charge in [-0.15, -0.1) is 11.3 Å². The zero-order valence-electron chi connectivity index (χ0n) is 48.0. The summed E-state index contributed by atoms with van der Waals surface area (Å²) in [6.45, 7) is 11.6. The van der Waals surface area contributed by atoms with Crippen molar-refractivity contribution in [2.75, 3.05) is 61.5 Å². The lowest BCUT2D eigenvalue weighted by Gasteiger charge is -2.36. The highest BCUT2D eigenvalue weighted by atomic mass is 32.1. The number of amides is 5. The maximum atomic E-state index is 14.1. The lowest BCUT2D eigenvalue weighted by Crippen LogP contribution is -2.57. The number of β-amino-alcohol motifs (C(OH)–C–C–N with tert-alkyl or cyclic N) is 1.